The number of halogens is 1. The predicted molar refractivity (Wildman–Crippen MR) is 115 cm³/mol. The molecule has 26 heavy (non-hydrogen) atoms. The van der Waals surface area contributed by atoms with E-state index in [1.54, 1.807) is 22.7 Å². The maximum atomic E-state index is 4.78. The van der Waals surface area contributed by atoms with Crippen molar-refractivity contribution in [2.75, 3.05) is 0 Å². The molecule has 1 N–H and O–H groups in total. The standard InChI is InChI=1S/C19H17BrN4S2/c1-12(2)23-19-24(17(11-26-19)18-4-3-7-25-18)22-10-13-9-21-16-6-5-14(20)8-15(13)16/h3-12,21H,1-2H3. The van der Waals surface area contributed by atoms with Crippen LogP contribution in [0.5, 0.6) is 0 Å². The van der Waals surface area contributed by atoms with E-state index in [4.69, 9.17) is 10.1 Å². The molecule has 4 aromatic rings. The molecule has 0 saturated carbocycles. The first-order valence-corrected chi connectivity index (χ1v) is 10.8. The van der Waals surface area contributed by atoms with Crippen molar-refractivity contribution in [1.82, 2.24) is 9.66 Å². The van der Waals surface area contributed by atoms with Crippen molar-refractivity contribution in [2.45, 2.75) is 19.9 Å². The Kier molecular flexibility index (Phi) is 4.93. The fourth-order valence-electron chi connectivity index (χ4n) is 2.66. The number of fused-ring (bicyclic) bond motifs is 1. The summed E-state index contributed by atoms with van der Waals surface area (Å²) in [5.41, 5.74) is 3.21. The molecule has 7 heteroatoms. The predicted octanol–water partition coefficient (Wildman–Crippen LogP) is 5.71. The lowest BCUT2D eigenvalue weighted by Gasteiger charge is -2.02. The fourth-order valence-corrected chi connectivity index (χ4v) is 4.78. The van der Waals surface area contributed by atoms with Gasteiger partial charge in [0.25, 0.3) is 0 Å². The number of benzene rings is 1. The van der Waals surface area contributed by atoms with Crippen molar-refractivity contribution in [2.24, 2.45) is 10.1 Å². The van der Waals surface area contributed by atoms with Gasteiger partial charge in [0.2, 0.25) is 4.80 Å². The van der Waals surface area contributed by atoms with Crippen molar-refractivity contribution < 1.29 is 0 Å². The minimum Gasteiger partial charge on any atom is -0.361 e. The minimum atomic E-state index is 0.218. The first-order chi connectivity index (χ1) is 12.6. The van der Waals surface area contributed by atoms with Gasteiger partial charge in [0.05, 0.1) is 16.8 Å². The Bertz CT molecular complexity index is 1130. The van der Waals surface area contributed by atoms with Gasteiger partial charge in [-0.2, -0.15) is 5.10 Å². The second kappa shape index (κ2) is 7.34. The molecule has 132 valence electrons. The highest BCUT2D eigenvalue weighted by molar-refractivity contribution is 9.10. The van der Waals surface area contributed by atoms with E-state index in [1.165, 1.54) is 4.88 Å². The number of hydrogen-bond donors (Lipinski definition) is 1. The summed E-state index contributed by atoms with van der Waals surface area (Å²) in [5.74, 6) is 0. The molecule has 1 aromatic carbocycles. The molecular weight excluding hydrogens is 428 g/mol. The van der Waals surface area contributed by atoms with Gasteiger partial charge in [0.15, 0.2) is 0 Å². The molecule has 0 bridgehead atoms. The van der Waals surface area contributed by atoms with E-state index < -0.39 is 0 Å². The minimum absolute atomic E-state index is 0.218. The van der Waals surface area contributed by atoms with Crippen LogP contribution in [-0.2, 0) is 0 Å². The van der Waals surface area contributed by atoms with Gasteiger partial charge < -0.3 is 4.98 Å². The third kappa shape index (κ3) is 3.47. The molecule has 4 rings (SSSR count). The molecule has 0 aliphatic rings. The summed E-state index contributed by atoms with van der Waals surface area (Å²) in [6.45, 7) is 4.16. The van der Waals surface area contributed by atoms with Crippen LogP contribution in [0.15, 0.2) is 61.9 Å². The molecule has 4 nitrogen and oxygen atoms in total. The van der Waals surface area contributed by atoms with E-state index >= 15 is 0 Å². The number of rotatable bonds is 4. The van der Waals surface area contributed by atoms with E-state index in [0.717, 1.165) is 31.4 Å². The molecule has 0 unspecified atom stereocenters. The van der Waals surface area contributed by atoms with Crippen LogP contribution in [0.4, 0.5) is 0 Å². The summed E-state index contributed by atoms with van der Waals surface area (Å²) in [6.07, 6.45) is 3.88. The van der Waals surface area contributed by atoms with Gasteiger partial charge in [-0.15, -0.1) is 22.7 Å². The average Bonchev–Trinajstić information content (AvgIpc) is 3.32. The van der Waals surface area contributed by atoms with Crippen molar-refractivity contribution in [3.05, 3.63) is 62.1 Å². The number of nitrogens with one attached hydrogen (secondary N) is 1. The Morgan fingerprint density at radius 2 is 2.12 bits per heavy atom. The van der Waals surface area contributed by atoms with Crippen LogP contribution >= 0.6 is 38.6 Å². The third-order valence-electron chi connectivity index (χ3n) is 3.82. The Morgan fingerprint density at radius 1 is 1.23 bits per heavy atom. The van der Waals surface area contributed by atoms with Gasteiger partial charge in [-0.1, -0.05) is 22.0 Å². The molecule has 0 spiro atoms. The largest absolute Gasteiger partial charge is 0.361 e. The van der Waals surface area contributed by atoms with Crippen molar-refractivity contribution in [3.8, 4) is 10.6 Å². The fraction of sp³-hybridized carbons (Fsp3) is 0.158. The van der Waals surface area contributed by atoms with Crippen LogP contribution in [0.3, 0.4) is 0 Å². The summed E-state index contributed by atoms with van der Waals surface area (Å²) >= 11 is 6.87. The molecule has 0 atom stereocenters. The maximum Gasteiger partial charge on any atom is 0.206 e. The van der Waals surface area contributed by atoms with Crippen molar-refractivity contribution >= 4 is 55.7 Å². The number of aromatic amines is 1. The molecule has 0 saturated heterocycles. The molecule has 0 aliphatic carbocycles. The molecule has 0 amide bonds. The SMILES string of the molecule is CC(C)N=c1scc(-c2cccs2)n1N=Cc1c[nH]c2ccc(Br)cc12. The molecule has 0 radical (unpaired) electrons. The molecule has 0 aliphatic heterocycles. The summed E-state index contributed by atoms with van der Waals surface area (Å²) in [5, 5.41) is 10.1. The van der Waals surface area contributed by atoms with Crippen LogP contribution in [0.2, 0.25) is 0 Å². The first-order valence-electron chi connectivity index (χ1n) is 8.21. The second-order valence-corrected chi connectivity index (χ2v) is 8.79. The van der Waals surface area contributed by atoms with Gasteiger partial charge in [0, 0.05) is 38.6 Å². The van der Waals surface area contributed by atoms with E-state index in [9.17, 15) is 0 Å². The quantitative estimate of drug-likeness (QED) is 0.391. The number of hydrogen-bond acceptors (Lipinski definition) is 4. The number of thiophene rings is 1. The summed E-state index contributed by atoms with van der Waals surface area (Å²) in [6, 6.07) is 10.6. The lowest BCUT2D eigenvalue weighted by molar-refractivity contribution is 0.755. The van der Waals surface area contributed by atoms with Crippen LogP contribution in [-0.4, -0.2) is 21.9 Å². The summed E-state index contributed by atoms with van der Waals surface area (Å²) < 4.78 is 2.99. The van der Waals surface area contributed by atoms with Crippen LogP contribution < -0.4 is 4.80 Å². The van der Waals surface area contributed by atoms with E-state index in [1.807, 2.05) is 23.2 Å². The van der Waals surface area contributed by atoms with Gasteiger partial charge in [-0.25, -0.2) is 4.68 Å². The van der Waals surface area contributed by atoms with Crippen LogP contribution in [0, 0.1) is 0 Å². The third-order valence-corrected chi connectivity index (χ3v) is 6.03. The van der Waals surface area contributed by atoms with Crippen LogP contribution in [0.1, 0.15) is 19.4 Å². The number of H-pyrrole nitrogens is 1. The zero-order chi connectivity index (χ0) is 18.1. The topological polar surface area (TPSA) is 45.4 Å². The Balaban J connectivity index is 1.82. The van der Waals surface area contributed by atoms with E-state index in [-0.39, 0.29) is 6.04 Å². The lowest BCUT2D eigenvalue weighted by Crippen LogP contribution is -2.14. The zero-order valence-electron chi connectivity index (χ0n) is 14.3. The normalized spacial score (nSPS) is 12.8. The Hall–Kier alpha value is -1.96. The summed E-state index contributed by atoms with van der Waals surface area (Å²) in [4.78, 5) is 10.1. The van der Waals surface area contributed by atoms with Gasteiger partial charge in [-0.3, -0.25) is 4.99 Å². The second-order valence-electron chi connectivity index (χ2n) is 6.09. The number of aromatic nitrogens is 2. The maximum absolute atomic E-state index is 4.78. The number of nitrogens with zero attached hydrogens (tertiary/aromatic N) is 3. The molecule has 3 heterocycles. The zero-order valence-corrected chi connectivity index (χ0v) is 17.5. The Labute approximate surface area is 167 Å². The molecular formula is C19H17BrN4S2. The van der Waals surface area contributed by atoms with Gasteiger partial charge in [-0.05, 0) is 43.5 Å². The van der Waals surface area contributed by atoms with E-state index in [0.29, 0.717) is 0 Å². The van der Waals surface area contributed by atoms with Gasteiger partial charge in [0.1, 0.15) is 0 Å². The van der Waals surface area contributed by atoms with E-state index in [2.05, 4.69) is 69.8 Å². The Morgan fingerprint density at radius 3 is 2.88 bits per heavy atom. The van der Waals surface area contributed by atoms with Crippen LogP contribution in [0.25, 0.3) is 21.5 Å². The lowest BCUT2D eigenvalue weighted by atomic mass is 10.2. The highest BCUT2D eigenvalue weighted by atomic mass is 79.9. The van der Waals surface area contributed by atoms with Gasteiger partial charge >= 0.3 is 0 Å². The smallest absolute Gasteiger partial charge is 0.206 e. The summed E-state index contributed by atoms with van der Waals surface area (Å²) in [7, 11) is 0. The van der Waals surface area contributed by atoms with Crippen molar-refractivity contribution in [1.29, 1.82) is 0 Å². The monoisotopic (exact) mass is 444 g/mol. The number of thiazole rings is 1. The molecule has 0 fully saturated rings. The van der Waals surface area contributed by atoms with Crippen molar-refractivity contribution in [3.63, 3.8) is 0 Å². The highest BCUT2D eigenvalue weighted by Gasteiger charge is 2.09. The molecule has 3 aromatic heterocycles. The average molecular weight is 445 g/mol. The first kappa shape index (κ1) is 17.5. The highest BCUT2D eigenvalue weighted by Crippen LogP contribution is 2.26.